The van der Waals surface area contributed by atoms with E-state index in [1.54, 1.807) is 62.8 Å². The summed E-state index contributed by atoms with van der Waals surface area (Å²) in [5.74, 6) is -0.203. The van der Waals surface area contributed by atoms with Crippen LogP contribution in [0.3, 0.4) is 0 Å². The van der Waals surface area contributed by atoms with Crippen molar-refractivity contribution in [2.75, 3.05) is 20.2 Å². The molecule has 1 saturated heterocycles. The summed E-state index contributed by atoms with van der Waals surface area (Å²) in [6.45, 7) is 4.55. The summed E-state index contributed by atoms with van der Waals surface area (Å²) in [6, 6.07) is 13.1. The van der Waals surface area contributed by atoms with Crippen LogP contribution in [0.2, 0.25) is 0 Å². The second-order valence-electron chi connectivity index (χ2n) is 8.15. The number of carbonyl (C=O) groups is 1. The van der Waals surface area contributed by atoms with E-state index in [2.05, 4.69) is 11.6 Å². The minimum atomic E-state index is -0.593. The molecule has 1 amide bonds. The Morgan fingerprint density at radius 1 is 1.14 bits per heavy atom. The first kappa shape index (κ1) is 22.4. The van der Waals surface area contributed by atoms with Gasteiger partial charge in [-0.05, 0) is 55.0 Å². The average molecular weight is 474 g/mol. The third-order valence-electron chi connectivity index (χ3n) is 6.16. The van der Waals surface area contributed by atoms with Crippen LogP contribution in [0.1, 0.15) is 12.5 Å². The Hall–Kier alpha value is -4.40. The maximum Gasteiger partial charge on any atom is 0.334 e. The van der Waals surface area contributed by atoms with Gasteiger partial charge >= 0.3 is 5.69 Å². The van der Waals surface area contributed by atoms with Crippen LogP contribution < -0.4 is 15.2 Å². The zero-order chi connectivity index (χ0) is 24.5. The standard InChI is InChI=1S/C26H23FN4O4/c1-3-24(32)29-14-12-18(16-29)31-20-11-13-28-15-21(20)30(26(31)33)17-7-9-19(10-8-17)35-23-6-4-5-22(34-2)25(23)27/h3-11,13,15,18H,1,12,14,16H2,2H3/t18-/m1/s1. The van der Waals surface area contributed by atoms with Crippen molar-refractivity contribution >= 4 is 16.9 Å². The smallest absolute Gasteiger partial charge is 0.334 e. The number of rotatable bonds is 6. The van der Waals surface area contributed by atoms with Gasteiger partial charge < -0.3 is 14.4 Å². The van der Waals surface area contributed by atoms with E-state index in [9.17, 15) is 14.0 Å². The lowest BCUT2D eigenvalue weighted by Crippen LogP contribution is -2.31. The zero-order valence-electron chi connectivity index (χ0n) is 19.1. The lowest BCUT2D eigenvalue weighted by molar-refractivity contribution is -0.125. The van der Waals surface area contributed by atoms with E-state index >= 15 is 0 Å². The third kappa shape index (κ3) is 3.95. The van der Waals surface area contributed by atoms with Gasteiger partial charge in [0.2, 0.25) is 11.7 Å². The molecular weight excluding hydrogens is 451 g/mol. The Morgan fingerprint density at radius 2 is 1.91 bits per heavy atom. The van der Waals surface area contributed by atoms with Gasteiger partial charge in [-0.25, -0.2) is 4.79 Å². The van der Waals surface area contributed by atoms with Crippen molar-refractivity contribution in [2.45, 2.75) is 12.5 Å². The van der Waals surface area contributed by atoms with Crippen molar-refractivity contribution in [2.24, 2.45) is 0 Å². The molecule has 8 nitrogen and oxygen atoms in total. The van der Waals surface area contributed by atoms with Gasteiger partial charge in [0.25, 0.3) is 0 Å². The maximum atomic E-state index is 14.4. The lowest BCUT2D eigenvalue weighted by Gasteiger charge is -2.15. The summed E-state index contributed by atoms with van der Waals surface area (Å²) in [5, 5.41) is 0. The van der Waals surface area contributed by atoms with E-state index in [4.69, 9.17) is 9.47 Å². The minimum Gasteiger partial charge on any atom is -0.494 e. The highest BCUT2D eigenvalue weighted by Gasteiger charge is 2.30. The number of amides is 1. The Bertz CT molecular complexity index is 1480. The summed E-state index contributed by atoms with van der Waals surface area (Å²) in [5.41, 5.74) is 1.78. The van der Waals surface area contributed by atoms with Gasteiger partial charge in [0.15, 0.2) is 11.5 Å². The molecule has 2 aromatic carbocycles. The molecule has 1 fully saturated rings. The highest BCUT2D eigenvalue weighted by atomic mass is 19.1. The molecule has 1 atom stereocenters. The molecular formula is C26H23FN4O4. The first-order chi connectivity index (χ1) is 17.0. The number of hydrogen-bond acceptors (Lipinski definition) is 5. The highest BCUT2D eigenvalue weighted by molar-refractivity contribution is 5.87. The second kappa shape index (κ2) is 9.09. The molecule has 0 radical (unpaired) electrons. The van der Waals surface area contributed by atoms with E-state index < -0.39 is 5.82 Å². The van der Waals surface area contributed by atoms with Crippen LogP contribution in [0.5, 0.6) is 17.2 Å². The number of methoxy groups -OCH3 is 1. The number of nitrogens with zero attached hydrogens (tertiary/aromatic N) is 4. The highest BCUT2D eigenvalue weighted by Crippen LogP contribution is 2.31. The molecule has 2 aromatic heterocycles. The number of ether oxygens (including phenoxy) is 2. The quantitative estimate of drug-likeness (QED) is 0.394. The van der Waals surface area contributed by atoms with Gasteiger partial charge in [0.05, 0.1) is 36.1 Å². The molecule has 9 heteroatoms. The van der Waals surface area contributed by atoms with E-state index in [1.807, 2.05) is 0 Å². The number of fused-ring (bicyclic) bond motifs is 1. The predicted molar refractivity (Wildman–Crippen MR) is 129 cm³/mol. The molecule has 0 N–H and O–H groups in total. The third-order valence-corrected chi connectivity index (χ3v) is 6.16. The molecule has 3 heterocycles. The van der Waals surface area contributed by atoms with Gasteiger partial charge in [0.1, 0.15) is 5.75 Å². The molecule has 0 unspecified atom stereocenters. The fraction of sp³-hybridized carbons (Fsp3) is 0.192. The fourth-order valence-corrected chi connectivity index (χ4v) is 4.47. The second-order valence-corrected chi connectivity index (χ2v) is 8.15. The lowest BCUT2D eigenvalue weighted by atomic mass is 10.2. The van der Waals surface area contributed by atoms with Crippen LogP contribution in [0.25, 0.3) is 16.7 Å². The van der Waals surface area contributed by atoms with E-state index in [0.717, 1.165) is 5.52 Å². The predicted octanol–water partition coefficient (Wildman–Crippen LogP) is 4.09. The Kier molecular flexibility index (Phi) is 5.82. The summed E-state index contributed by atoms with van der Waals surface area (Å²) in [7, 11) is 1.39. The number of hydrogen-bond donors (Lipinski definition) is 0. The van der Waals surface area contributed by atoms with Gasteiger partial charge in [-0.3, -0.25) is 18.9 Å². The normalized spacial score (nSPS) is 15.4. The molecule has 35 heavy (non-hydrogen) atoms. The topological polar surface area (TPSA) is 78.6 Å². The maximum absolute atomic E-state index is 14.4. The van der Waals surface area contributed by atoms with Gasteiger partial charge in [-0.15, -0.1) is 0 Å². The molecule has 0 saturated carbocycles. The zero-order valence-corrected chi connectivity index (χ0v) is 19.1. The first-order valence-corrected chi connectivity index (χ1v) is 11.1. The van der Waals surface area contributed by atoms with Crippen LogP contribution in [-0.2, 0) is 4.79 Å². The van der Waals surface area contributed by atoms with Gasteiger partial charge in [-0.2, -0.15) is 4.39 Å². The molecule has 178 valence electrons. The van der Waals surface area contributed by atoms with Crippen molar-refractivity contribution in [3.05, 3.63) is 89.9 Å². The summed E-state index contributed by atoms with van der Waals surface area (Å²) >= 11 is 0. The number of pyridine rings is 1. The molecule has 0 spiro atoms. The summed E-state index contributed by atoms with van der Waals surface area (Å²) in [4.78, 5) is 31.5. The van der Waals surface area contributed by atoms with Crippen LogP contribution in [0.15, 0.2) is 78.4 Å². The van der Waals surface area contributed by atoms with Gasteiger partial charge in [0, 0.05) is 19.3 Å². The van der Waals surface area contributed by atoms with Crippen molar-refractivity contribution in [3.63, 3.8) is 0 Å². The average Bonchev–Trinajstić information content (AvgIpc) is 3.47. The number of aromatic nitrogens is 3. The number of likely N-dealkylation sites (tertiary alicyclic amines) is 1. The van der Waals surface area contributed by atoms with Crippen molar-refractivity contribution in [1.82, 2.24) is 19.0 Å². The molecule has 0 aliphatic carbocycles. The monoisotopic (exact) mass is 474 g/mol. The molecule has 1 aliphatic heterocycles. The molecule has 4 aromatic rings. The van der Waals surface area contributed by atoms with Crippen LogP contribution in [0.4, 0.5) is 4.39 Å². The summed E-state index contributed by atoms with van der Waals surface area (Å²) < 4.78 is 28.4. The number of benzene rings is 2. The first-order valence-electron chi connectivity index (χ1n) is 11.1. The Balaban J connectivity index is 1.49. The van der Waals surface area contributed by atoms with Crippen molar-refractivity contribution < 1.29 is 18.7 Å². The fourth-order valence-electron chi connectivity index (χ4n) is 4.47. The SMILES string of the molecule is C=CC(=O)N1CC[C@@H](n2c(=O)n(-c3ccc(Oc4cccc(OC)c4F)cc3)c3cnccc32)C1. The van der Waals surface area contributed by atoms with E-state index in [1.165, 1.54) is 25.3 Å². The number of halogens is 1. The molecule has 1 aliphatic rings. The molecule has 5 rings (SSSR count). The van der Waals surface area contributed by atoms with Gasteiger partial charge in [-0.1, -0.05) is 12.6 Å². The van der Waals surface area contributed by atoms with Crippen molar-refractivity contribution in [3.8, 4) is 22.9 Å². The molecule has 0 bridgehead atoms. The van der Waals surface area contributed by atoms with Crippen LogP contribution in [-0.4, -0.2) is 45.1 Å². The Labute approximate surface area is 200 Å². The van der Waals surface area contributed by atoms with E-state index in [0.29, 0.717) is 36.5 Å². The van der Waals surface area contributed by atoms with Crippen molar-refractivity contribution in [1.29, 1.82) is 0 Å². The minimum absolute atomic E-state index is 0.0370. The summed E-state index contributed by atoms with van der Waals surface area (Å²) in [6.07, 6.45) is 5.24. The largest absolute Gasteiger partial charge is 0.494 e. The van der Waals surface area contributed by atoms with E-state index in [-0.39, 0.29) is 29.1 Å². The van der Waals surface area contributed by atoms with Crippen LogP contribution in [0, 0.1) is 5.82 Å². The number of carbonyl (C=O) groups excluding carboxylic acids is 1. The van der Waals surface area contributed by atoms with Crippen LogP contribution >= 0.6 is 0 Å². The number of imidazole rings is 1. The Morgan fingerprint density at radius 3 is 2.66 bits per heavy atom.